The van der Waals surface area contributed by atoms with E-state index in [1.165, 1.54) is 6.07 Å². The fourth-order valence-corrected chi connectivity index (χ4v) is 1.58. The maximum absolute atomic E-state index is 11.7. The summed E-state index contributed by atoms with van der Waals surface area (Å²) >= 11 is 0. The molecule has 0 heterocycles. The summed E-state index contributed by atoms with van der Waals surface area (Å²) in [6.07, 6.45) is 3.46. The molecule has 0 spiro atoms. The summed E-state index contributed by atoms with van der Waals surface area (Å²) in [6, 6.07) is 4.73. The lowest BCUT2D eigenvalue weighted by Gasteiger charge is -2.07. The van der Waals surface area contributed by atoms with Gasteiger partial charge in [0.1, 0.15) is 0 Å². The Morgan fingerprint density at radius 3 is 2.56 bits per heavy atom. The van der Waals surface area contributed by atoms with Crippen LogP contribution >= 0.6 is 0 Å². The van der Waals surface area contributed by atoms with E-state index in [1.54, 1.807) is 12.1 Å². The number of aliphatic hydroxyl groups is 1. The second-order valence-electron chi connectivity index (χ2n) is 4.12. The van der Waals surface area contributed by atoms with E-state index in [0.29, 0.717) is 23.5 Å². The SMILES string of the molecule is Nc1ccc(C(=O)OCCCCCCO)c(N)c1. The molecule has 0 aliphatic heterocycles. The molecule has 0 saturated heterocycles. The number of rotatable bonds is 7. The first-order chi connectivity index (χ1) is 8.65. The molecule has 0 aromatic heterocycles. The lowest BCUT2D eigenvalue weighted by molar-refractivity contribution is 0.0498. The van der Waals surface area contributed by atoms with Crippen LogP contribution in [0.3, 0.4) is 0 Å². The molecule has 0 amide bonds. The maximum Gasteiger partial charge on any atom is 0.340 e. The predicted molar refractivity (Wildman–Crippen MR) is 71.1 cm³/mol. The number of hydrogen-bond donors (Lipinski definition) is 3. The highest BCUT2D eigenvalue weighted by Gasteiger charge is 2.10. The Morgan fingerprint density at radius 2 is 1.89 bits per heavy atom. The highest BCUT2D eigenvalue weighted by atomic mass is 16.5. The molecule has 5 N–H and O–H groups in total. The second-order valence-corrected chi connectivity index (χ2v) is 4.12. The molecule has 0 unspecified atom stereocenters. The molecule has 100 valence electrons. The minimum atomic E-state index is -0.422. The van der Waals surface area contributed by atoms with E-state index in [4.69, 9.17) is 21.3 Å². The fourth-order valence-electron chi connectivity index (χ4n) is 1.58. The summed E-state index contributed by atoms with van der Waals surface area (Å²) < 4.78 is 5.11. The highest BCUT2D eigenvalue weighted by Crippen LogP contribution is 2.16. The molecule has 1 aromatic carbocycles. The van der Waals surface area contributed by atoms with E-state index in [-0.39, 0.29) is 6.61 Å². The van der Waals surface area contributed by atoms with Gasteiger partial charge in [-0.05, 0) is 37.5 Å². The van der Waals surface area contributed by atoms with Crippen molar-refractivity contribution in [2.75, 3.05) is 24.7 Å². The number of nitrogens with two attached hydrogens (primary N) is 2. The molecular formula is C13H20N2O3. The van der Waals surface area contributed by atoms with Crippen LogP contribution in [0.15, 0.2) is 18.2 Å². The van der Waals surface area contributed by atoms with Crippen LogP contribution in [-0.4, -0.2) is 24.3 Å². The number of nitrogen functional groups attached to an aromatic ring is 2. The molecular weight excluding hydrogens is 232 g/mol. The summed E-state index contributed by atoms with van der Waals surface area (Å²) in [7, 11) is 0. The molecule has 5 nitrogen and oxygen atoms in total. The number of hydrogen-bond acceptors (Lipinski definition) is 5. The first kappa shape index (κ1) is 14.3. The number of ether oxygens (including phenoxy) is 1. The van der Waals surface area contributed by atoms with Crippen LogP contribution in [0, 0.1) is 0 Å². The Balaban J connectivity index is 2.32. The topological polar surface area (TPSA) is 98.6 Å². The van der Waals surface area contributed by atoms with Crippen molar-refractivity contribution in [1.82, 2.24) is 0 Å². The molecule has 1 aromatic rings. The van der Waals surface area contributed by atoms with Gasteiger partial charge in [0.25, 0.3) is 0 Å². The summed E-state index contributed by atoms with van der Waals surface area (Å²) in [5.41, 5.74) is 12.4. The predicted octanol–water partition coefficient (Wildman–Crippen LogP) is 1.56. The molecule has 0 bridgehead atoms. The number of esters is 1. The van der Waals surface area contributed by atoms with Crippen molar-refractivity contribution in [2.45, 2.75) is 25.7 Å². The average molecular weight is 252 g/mol. The third-order valence-corrected chi connectivity index (χ3v) is 2.58. The van der Waals surface area contributed by atoms with Crippen molar-refractivity contribution in [3.05, 3.63) is 23.8 Å². The number of benzene rings is 1. The largest absolute Gasteiger partial charge is 0.462 e. The van der Waals surface area contributed by atoms with Crippen LogP contribution in [0.25, 0.3) is 0 Å². The minimum Gasteiger partial charge on any atom is -0.462 e. The Bertz CT molecular complexity index is 394. The van der Waals surface area contributed by atoms with Gasteiger partial charge < -0.3 is 21.3 Å². The molecule has 0 fully saturated rings. The van der Waals surface area contributed by atoms with Crippen LogP contribution in [0.1, 0.15) is 36.0 Å². The smallest absolute Gasteiger partial charge is 0.340 e. The van der Waals surface area contributed by atoms with Gasteiger partial charge in [-0.2, -0.15) is 0 Å². The molecule has 0 aliphatic rings. The number of carbonyl (C=O) groups is 1. The van der Waals surface area contributed by atoms with E-state index in [0.717, 1.165) is 25.7 Å². The number of aliphatic hydroxyl groups excluding tert-OH is 1. The van der Waals surface area contributed by atoms with E-state index in [9.17, 15) is 4.79 Å². The number of unbranched alkanes of at least 4 members (excludes halogenated alkanes) is 3. The van der Waals surface area contributed by atoms with E-state index in [1.807, 2.05) is 0 Å². The lowest BCUT2D eigenvalue weighted by Crippen LogP contribution is -2.09. The van der Waals surface area contributed by atoms with Crippen LogP contribution < -0.4 is 11.5 Å². The van der Waals surface area contributed by atoms with Gasteiger partial charge in [-0.3, -0.25) is 0 Å². The van der Waals surface area contributed by atoms with Crippen LogP contribution in [0.5, 0.6) is 0 Å². The van der Waals surface area contributed by atoms with Crippen molar-refractivity contribution >= 4 is 17.3 Å². The standard InChI is InChI=1S/C13H20N2O3/c14-10-5-6-11(12(15)9-10)13(17)18-8-4-2-1-3-7-16/h5-6,9,16H,1-4,7-8,14-15H2. The van der Waals surface area contributed by atoms with Gasteiger partial charge in [-0.15, -0.1) is 0 Å². The molecule has 18 heavy (non-hydrogen) atoms. The third kappa shape index (κ3) is 4.63. The van der Waals surface area contributed by atoms with Crippen LogP contribution in [0.4, 0.5) is 11.4 Å². The average Bonchev–Trinajstić information content (AvgIpc) is 2.33. The molecule has 0 atom stereocenters. The van der Waals surface area contributed by atoms with Crippen molar-refractivity contribution in [1.29, 1.82) is 0 Å². The van der Waals surface area contributed by atoms with Gasteiger partial charge in [0, 0.05) is 18.0 Å². The Hall–Kier alpha value is -1.75. The number of carbonyl (C=O) groups excluding carboxylic acids is 1. The monoisotopic (exact) mass is 252 g/mol. The maximum atomic E-state index is 11.7. The Kier molecular flexibility index (Phi) is 6.00. The summed E-state index contributed by atoms with van der Waals surface area (Å²) in [5, 5.41) is 8.60. The highest BCUT2D eigenvalue weighted by molar-refractivity contribution is 5.95. The van der Waals surface area contributed by atoms with Gasteiger partial charge in [0.05, 0.1) is 12.2 Å². The van der Waals surface area contributed by atoms with Crippen LogP contribution in [0.2, 0.25) is 0 Å². The summed E-state index contributed by atoms with van der Waals surface area (Å²) in [6.45, 7) is 0.579. The molecule has 5 heteroatoms. The van der Waals surface area contributed by atoms with E-state index < -0.39 is 5.97 Å². The molecule has 1 rings (SSSR count). The van der Waals surface area contributed by atoms with Gasteiger partial charge >= 0.3 is 5.97 Å². The fraction of sp³-hybridized carbons (Fsp3) is 0.462. The minimum absolute atomic E-state index is 0.210. The van der Waals surface area contributed by atoms with Gasteiger partial charge in [0.15, 0.2) is 0 Å². The summed E-state index contributed by atoms with van der Waals surface area (Å²) in [5.74, 6) is -0.422. The number of anilines is 2. The quantitative estimate of drug-likeness (QED) is 0.388. The lowest BCUT2D eigenvalue weighted by atomic mass is 10.1. The van der Waals surface area contributed by atoms with Crippen LogP contribution in [-0.2, 0) is 4.74 Å². The Morgan fingerprint density at radius 1 is 1.17 bits per heavy atom. The van der Waals surface area contributed by atoms with Crippen molar-refractivity contribution < 1.29 is 14.6 Å². The van der Waals surface area contributed by atoms with Crippen molar-refractivity contribution in [3.8, 4) is 0 Å². The first-order valence-corrected chi connectivity index (χ1v) is 6.08. The molecule has 0 saturated carbocycles. The second kappa shape index (κ2) is 7.55. The van der Waals surface area contributed by atoms with Gasteiger partial charge in [-0.25, -0.2) is 4.79 Å². The normalized spacial score (nSPS) is 10.3. The first-order valence-electron chi connectivity index (χ1n) is 6.08. The molecule has 0 aliphatic carbocycles. The van der Waals surface area contributed by atoms with Gasteiger partial charge in [0.2, 0.25) is 0 Å². The molecule has 0 radical (unpaired) electrons. The Labute approximate surface area is 107 Å². The van der Waals surface area contributed by atoms with Crippen molar-refractivity contribution in [3.63, 3.8) is 0 Å². The van der Waals surface area contributed by atoms with E-state index in [2.05, 4.69) is 0 Å². The zero-order chi connectivity index (χ0) is 13.4. The zero-order valence-electron chi connectivity index (χ0n) is 10.4. The van der Waals surface area contributed by atoms with E-state index >= 15 is 0 Å². The summed E-state index contributed by atoms with van der Waals surface area (Å²) in [4.78, 5) is 11.7. The van der Waals surface area contributed by atoms with Gasteiger partial charge in [-0.1, -0.05) is 6.42 Å². The zero-order valence-corrected chi connectivity index (χ0v) is 10.4. The third-order valence-electron chi connectivity index (χ3n) is 2.58. The van der Waals surface area contributed by atoms with Crippen molar-refractivity contribution in [2.24, 2.45) is 0 Å².